The third-order valence-electron chi connectivity index (χ3n) is 3.26. The maximum Gasteiger partial charge on any atom is 0.162 e. The molecule has 0 spiro atoms. The lowest BCUT2D eigenvalue weighted by molar-refractivity contribution is 0.681. The summed E-state index contributed by atoms with van der Waals surface area (Å²) in [5, 5.41) is 8.22. The fraction of sp³-hybridized carbons (Fsp3) is 0.556. The Bertz CT molecular complexity index is 349. The molecule has 13 heavy (non-hydrogen) atoms. The molecule has 1 fully saturated rings. The van der Waals surface area contributed by atoms with Crippen molar-refractivity contribution in [1.82, 2.24) is 10.2 Å². The van der Waals surface area contributed by atoms with Crippen LogP contribution >= 0.6 is 0 Å². The van der Waals surface area contributed by atoms with E-state index >= 15 is 0 Å². The monoisotopic (exact) mass is 176 g/mol. The largest absolute Gasteiger partial charge is 0.307 e. The van der Waals surface area contributed by atoms with Crippen molar-refractivity contribution in [2.75, 3.05) is 5.43 Å². The van der Waals surface area contributed by atoms with Crippen LogP contribution in [0.4, 0.5) is 5.82 Å². The first-order valence-corrected chi connectivity index (χ1v) is 4.72. The molecule has 0 aliphatic heterocycles. The van der Waals surface area contributed by atoms with Crippen LogP contribution in [0.25, 0.3) is 0 Å². The van der Waals surface area contributed by atoms with Crippen LogP contribution in [0.5, 0.6) is 0 Å². The number of aromatic nitrogens is 2. The van der Waals surface area contributed by atoms with Gasteiger partial charge in [0.1, 0.15) is 0 Å². The molecule has 2 aliphatic rings. The fourth-order valence-corrected chi connectivity index (χ4v) is 2.64. The summed E-state index contributed by atoms with van der Waals surface area (Å²) in [6.07, 6.45) is 3.88. The molecule has 1 aromatic heterocycles. The third kappa shape index (κ3) is 0.891. The lowest BCUT2D eigenvalue weighted by atomic mass is 9.97. The molecule has 4 heteroatoms. The van der Waals surface area contributed by atoms with Gasteiger partial charge in [-0.1, -0.05) is 0 Å². The van der Waals surface area contributed by atoms with Gasteiger partial charge in [0.25, 0.3) is 0 Å². The minimum absolute atomic E-state index is 0.680. The van der Waals surface area contributed by atoms with Gasteiger partial charge in [-0.2, -0.15) is 5.10 Å². The Kier molecular flexibility index (Phi) is 1.35. The zero-order valence-electron chi connectivity index (χ0n) is 7.33. The number of nitrogens with one attached hydrogen (secondary N) is 1. The highest BCUT2D eigenvalue weighted by Gasteiger charge is 2.38. The van der Waals surface area contributed by atoms with Gasteiger partial charge in [0.05, 0.1) is 5.69 Å². The van der Waals surface area contributed by atoms with Gasteiger partial charge in [-0.05, 0) is 36.8 Å². The minimum Gasteiger partial charge on any atom is -0.307 e. The van der Waals surface area contributed by atoms with Crippen LogP contribution in [0.2, 0.25) is 0 Å². The van der Waals surface area contributed by atoms with Gasteiger partial charge in [-0.25, -0.2) is 5.84 Å². The fourth-order valence-electron chi connectivity index (χ4n) is 2.64. The Hall–Kier alpha value is -1.16. The Morgan fingerprint density at radius 2 is 2.15 bits per heavy atom. The van der Waals surface area contributed by atoms with E-state index in [1.165, 1.54) is 30.5 Å². The van der Waals surface area contributed by atoms with Gasteiger partial charge >= 0.3 is 0 Å². The molecule has 3 N–H and O–H groups in total. The predicted octanol–water partition coefficient (Wildman–Crippen LogP) is 1.13. The summed E-state index contributed by atoms with van der Waals surface area (Å²) in [6, 6.07) is 2.05. The molecule has 0 radical (unpaired) electrons. The lowest BCUT2D eigenvalue weighted by Gasteiger charge is -2.13. The van der Waals surface area contributed by atoms with E-state index in [2.05, 4.69) is 15.6 Å². The SMILES string of the molecule is NNc1cc2c(nn1)C1CCC2C1. The van der Waals surface area contributed by atoms with Crippen LogP contribution < -0.4 is 11.3 Å². The smallest absolute Gasteiger partial charge is 0.162 e. The first kappa shape index (κ1) is 7.26. The summed E-state index contributed by atoms with van der Waals surface area (Å²) in [6.45, 7) is 0. The molecule has 2 unspecified atom stereocenters. The van der Waals surface area contributed by atoms with E-state index in [4.69, 9.17) is 5.84 Å². The number of fused-ring (bicyclic) bond motifs is 5. The van der Waals surface area contributed by atoms with Crippen molar-refractivity contribution in [3.05, 3.63) is 17.3 Å². The van der Waals surface area contributed by atoms with Crippen LogP contribution in [-0.2, 0) is 0 Å². The Labute approximate surface area is 76.5 Å². The van der Waals surface area contributed by atoms with E-state index in [1.807, 2.05) is 6.07 Å². The summed E-state index contributed by atoms with van der Waals surface area (Å²) in [7, 11) is 0. The van der Waals surface area contributed by atoms with Crippen molar-refractivity contribution in [3.63, 3.8) is 0 Å². The average molecular weight is 176 g/mol. The number of nitrogen functional groups attached to an aromatic ring is 1. The molecule has 2 aliphatic carbocycles. The zero-order valence-corrected chi connectivity index (χ0v) is 7.33. The van der Waals surface area contributed by atoms with Crippen molar-refractivity contribution in [3.8, 4) is 0 Å². The van der Waals surface area contributed by atoms with Crippen molar-refractivity contribution in [2.24, 2.45) is 5.84 Å². The van der Waals surface area contributed by atoms with Gasteiger partial charge in [-0.3, -0.25) is 0 Å². The van der Waals surface area contributed by atoms with Crippen LogP contribution in [-0.4, -0.2) is 10.2 Å². The first-order valence-electron chi connectivity index (χ1n) is 4.72. The number of nitrogens with zero attached hydrogens (tertiary/aromatic N) is 2. The molecule has 1 heterocycles. The standard InChI is InChI=1S/C9H12N4/c10-11-8-4-7-5-1-2-6(3-5)9(7)13-12-8/h4-6H,1-3,10H2,(H,11,12). The molecule has 2 atom stereocenters. The van der Waals surface area contributed by atoms with Crippen molar-refractivity contribution >= 4 is 5.82 Å². The predicted molar refractivity (Wildman–Crippen MR) is 49.2 cm³/mol. The summed E-state index contributed by atoms with van der Waals surface area (Å²) in [5.74, 6) is 7.38. The second-order valence-electron chi connectivity index (χ2n) is 3.92. The summed E-state index contributed by atoms with van der Waals surface area (Å²) < 4.78 is 0. The van der Waals surface area contributed by atoms with Crippen molar-refractivity contribution in [2.45, 2.75) is 31.1 Å². The summed E-state index contributed by atoms with van der Waals surface area (Å²) >= 11 is 0. The molecular formula is C9H12N4. The molecule has 2 bridgehead atoms. The molecule has 1 saturated carbocycles. The highest BCUT2D eigenvalue weighted by molar-refractivity contribution is 5.44. The van der Waals surface area contributed by atoms with Gasteiger partial charge in [-0.15, -0.1) is 5.10 Å². The van der Waals surface area contributed by atoms with E-state index < -0.39 is 0 Å². The first-order chi connectivity index (χ1) is 6.38. The summed E-state index contributed by atoms with van der Waals surface area (Å²) in [4.78, 5) is 0. The number of rotatable bonds is 1. The highest BCUT2D eigenvalue weighted by atomic mass is 15.3. The topological polar surface area (TPSA) is 63.8 Å². The lowest BCUT2D eigenvalue weighted by Crippen LogP contribution is -2.12. The summed E-state index contributed by atoms with van der Waals surface area (Å²) in [5.41, 5.74) is 5.13. The Balaban J connectivity index is 2.11. The number of hydrogen-bond donors (Lipinski definition) is 2. The van der Waals surface area contributed by atoms with Crippen molar-refractivity contribution < 1.29 is 0 Å². The molecular weight excluding hydrogens is 164 g/mol. The van der Waals surface area contributed by atoms with Crippen LogP contribution in [0.15, 0.2) is 6.07 Å². The normalized spacial score (nSPS) is 29.0. The molecule has 68 valence electrons. The van der Waals surface area contributed by atoms with Crippen molar-refractivity contribution in [1.29, 1.82) is 0 Å². The maximum atomic E-state index is 5.29. The molecule has 0 saturated heterocycles. The van der Waals surface area contributed by atoms with Gasteiger partial charge in [0, 0.05) is 5.92 Å². The molecule has 3 rings (SSSR count). The van der Waals surface area contributed by atoms with Crippen LogP contribution in [0, 0.1) is 0 Å². The van der Waals surface area contributed by atoms with Crippen LogP contribution in [0.1, 0.15) is 42.4 Å². The average Bonchev–Trinajstić information content (AvgIpc) is 2.77. The number of anilines is 1. The van der Waals surface area contributed by atoms with Gasteiger partial charge in [0.15, 0.2) is 5.82 Å². The van der Waals surface area contributed by atoms with E-state index in [0.717, 1.165) is 5.92 Å². The molecule has 0 amide bonds. The highest BCUT2D eigenvalue weighted by Crippen LogP contribution is 2.52. The van der Waals surface area contributed by atoms with E-state index in [1.54, 1.807) is 0 Å². The second-order valence-corrected chi connectivity index (χ2v) is 3.92. The number of nitrogens with two attached hydrogens (primary N) is 1. The van der Waals surface area contributed by atoms with E-state index in [-0.39, 0.29) is 0 Å². The molecule has 0 aromatic carbocycles. The van der Waals surface area contributed by atoms with Gasteiger partial charge in [0.2, 0.25) is 0 Å². The maximum absolute atomic E-state index is 5.29. The number of hydrogen-bond acceptors (Lipinski definition) is 4. The van der Waals surface area contributed by atoms with Crippen LogP contribution in [0.3, 0.4) is 0 Å². The zero-order chi connectivity index (χ0) is 8.84. The molecule has 4 nitrogen and oxygen atoms in total. The van der Waals surface area contributed by atoms with E-state index in [9.17, 15) is 0 Å². The number of hydrazine groups is 1. The third-order valence-corrected chi connectivity index (χ3v) is 3.26. The molecule has 1 aromatic rings. The quantitative estimate of drug-likeness (QED) is 0.497. The second kappa shape index (κ2) is 2.42. The minimum atomic E-state index is 0.680. The Morgan fingerprint density at radius 1 is 1.31 bits per heavy atom. The van der Waals surface area contributed by atoms with E-state index in [0.29, 0.717) is 11.7 Å². The Morgan fingerprint density at radius 3 is 3.00 bits per heavy atom. The van der Waals surface area contributed by atoms with Gasteiger partial charge < -0.3 is 5.43 Å².